The van der Waals surface area contributed by atoms with E-state index in [1.54, 1.807) is 12.1 Å². The van der Waals surface area contributed by atoms with Crippen LogP contribution in [0.2, 0.25) is 0 Å². The van der Waals surface area contributed by atoms with Crippen LogP contribution in [0.1, 0.15) is 24.9 Å². The topological polar surface area (TPSA) is 62.5 Å². The van der Waals surface area contributed by atoms with Gasteiger partial charge in [-0.05, 0) is 31.6 Å². The first-order valence-electron chi connectivity index (χ1n) is 5.31. The van der Waals surface area contributed by atoms with Crippen molar-refractivity contribution in [1.82, 2.24) is 5.32 Å². The van der Waals surface area contributed by atoms with Gasteiger partial charge in [-0.2, -0.15) is 0 Å². The molecule has 2 N–H and O–H groups in total. The zero-order chi connectivity index (χ0) is 12.0. The van der Waals surface area contributed by atoms with Gasteiger partial charge in [0.25, 0.3) is 0 Å². The van der Waals surface area contributed by atoms with E-state index in [9.17, 15) is 4.79 Å². The lowest BCUT2D eigenvalue weighted by Gasteiger charge is -2.11. The van der Waals surface area contributed by atoms with Crippen molar-refractivity contribution in [1.29, 1.82) is 0 Å². The van der Waals surface area contributed by atoms with Crippen molar-refractivity contribution in [3.05, 3.63) is 29.7 Å². The van der Waals surface area contributed by atoms with E-state index < -0.39 is 0 Å². The maximum Gasteiger partial charge on any atom is 0.244 e. The third-order valence-electron chi connectivity index (χ3n) is 2.22. The number of aryl methyl sites for hydroxylation is 1. The highest BCUT2D eigenvalue weighted by molar-refractivity contribution is 5.91. The summed E-state index contributed by atoms with van der Waals surface area (Å²) in [5.41, 5.74) is 0. The summed E-state index contributed by atoms with van der Waals surface area (Å²) in [6.07, 6.45) is 3.71. The number of carbonyl (C=O) groups excluding carboxylic acids is 1. The molecule has 1 heterocycles. The van der Waals surface area contributed by atoms with E-state index in [1.807, 2.05) is 19.9 Å². The fraction of sp³-hybridized carbons (Fsp3) is 0.417. The SMILES string of the molecule is CC[C@@H](CO)NC(=O)/C=C/c1ccc(C)o1. The van der Waals surface area contributed by atoms with Gasteiger partial charge >= 0.3 is 0 Å². The Morgan fingerprint density at radius 3 is 2.88 bits per heavy atom. The van der Waals surface area contributed by atoms with Gasteiger partial charge in [-0.25, -0.2) is 0 Å². The molecule has 0 aliphatic carbocycles. The zero-order valence-electron chi connectivity index (χ0n) is 9.56. The monoisotopic (exact) mass is 223 g/mol. The second-order valence-corrected chi connectivity index (χ2v) is 3.58. The van der Waals surface area contributed by atoms with Gasteiger partial charge in [0.1, 0.15) is 11.5 Å². The number of rotatable bonds is 5. The number of nitrogens with one attached hydrogen (secondary N) is 1. The number of hydrogen-bond donors (Lipinski definition) is 2. The number of carbonyl (C=O) groups is 1. The molecule has 4 heteroatoms. The van der Waals surface area contributed by atoms with Gasteiger partial charge in [-0.1, -0.05) is 6.92 Å². The van der Waals surface area contributed by atoms with Crippen LogP contribution < -0.4 is 5.32 Å². The summed E-state index contributed by atoms with van der Waals surface area (Å²) < 4.78 is 5.28. The fourth-order valence-electron chi connectivity index (χ4n) is 1.23. The van der Waals surface area contributed by atoms with Crippen molar-refractivity contribution in [3.8, 4) is 0 Å². The van der Waals surface area contributed by atoms with Gasteiger partial charge < -0.3 is 14.8 Å². The Morgan fingerprint density at radius 1 is 1.62 bits per heavy atom. The van der Waals surface area contributed by atoms with Crippen LogP contribution in [0.4, 0.5) is 0 Å². The Kier molecular flexibility index (Phi) is 4.79. The Hall–Kier alpha value is -1.55. The van der Waals surface area contributed by atoms with Crippen molar-refractivity contribution in [2.45, 2.75) is 26.3 Å². The summed E-state index contributed by atoms with van der Waals surface area (Å²) in [6, 6.07) is 3.44. The molecule has 0 radical (unpaired) electrons. The van der Waals surface area contributed by atoms with Crippen molar-refractivity contribution >= 4 is 12.0 Å². The van der Waals surface area contributed by atoms with Crippen molar-refractivity contribution in [3.63, 3.8) is 0 Å². The highest BCUT2D eigenvalue weighted by Crippen LogP contribution is 2.07. The molecule has 0 aromatic carbocycles. The fourth-order valence-corrected chi connectivity index (χ4v) is 1.23. The Bertz CT molecular complexity index is 364. The molecule has 1 amide bonds. The first-order chi connectivity index (χ1) is 7.65. The normalized spacial score (nSPS) is 12.9. The summed E-state index contributed by atoms with van der Waals surface area (Å²) in [4.78, 5) is 11.4. The van der Waals surface area contributed by atoms with E-state index in [-0.39, 0.29) is 18.6 Å². The highest BCUT2D eigenvalue weighted by Gasteiger charge is 2.06. The van der Waals surface area contributed by atoms with Crippen molar-refractivity contribution in [2.75, 3.05) is 6.61 Å². The minimum absolute atomic E-state index is 0.0457. The molecule has 0 unspecified atom stereocenters. The van der Waals surface area contributed by atoms with E-state index >= 15 is 0 Å². The lowest BCUT2D eigenvalue weighted by atomic mass is 10.2. The first-order valence-corrected chi connectivity index (χ1v) is 5.31. The Labute approximate surface area is 95.0 Å². The summed E-state index contributed by atoms with van der Waals surface area (Å²) in [5.74, 6) is 1.22. The maximum atomic E-state index is 11.4. The van der Waals surface area contributed by atoms with Gasteiger partial charge in [-0.3, -0.25) is 4.79 Å². The minimum Gasteiger partial charge on any atom is -0.462 e. The van der Waals surface area contributed by atoms with Crippen LogP contribution in [0.5, 0.6) is 0 Å². The smallest absolute Gasteiger partial charge is 0.244 e. The molecule has 4 nitrogen and oxygen atoms in total. The average molecular weight is 223 g/mol. The van der Waals surface area contributed by atoms with Gasteiger partial charge in [0.2, 0.25) is 5.91 Å². The molecule has 0 aliphatic heterocycles. The standard InChI is InChI=1S/C12H17NO3/c1-3-10(8-14)13-12(15)7-6-11-5-4-9(2)16-11/h4-7,10,14H,3,8H2,1-2H3,(H,13,15)/b7-6+/t10-/m0/s1. The molecular weight excluding hydrogens is 206 g/mol. The summed E-state index contributed by atoms with van der Waals surface area (Å²) in [6.45, 7) is 3.70. The van der Waals surface area contributed by atoms with Crippen LogP contribution in [-0.2, 0) is 4.79 Å². The third-order valence-corrected chi connectivity index (χ3v) is 2.22. The lowest BCUT2D eigenvalue weighted by molar-refractivity contribution is -0.117. The highest BCUT2D eigenvalue weighted by atomic mass is 16.3. The molecule has 1 aromatic rings. The molecule has 0 spiro atoms. The molecule has 1 aromatic heterocycles. The molecule has 0 fully saturated rings. The molecule has 0 aliphatic rings. The predicted molar refractivity (Wildman–Crippen MR) is 61.8 cm³/mol. The second kappa shape index (κ2) is 6.12. The number of aliphatic hydroxyl groups excluding tert-OH is 1. The zero-order valence-corrected chi connectivity index (χ0v) is 9.56. The van der Waals surface area contributed by atoms with Crippen LogP contribution in [0, 0.1) is 6.92 Å². The summed E-state index contributed by atoms with van der Waals surface area (Å²) in [5, 5.41) is 11.6. The molecule has 0 saturated carbocycles. The molecular formula is C12H17NO3. The third kappa shape index (κ3) is 3.90. The Balaban J connectivity index is 2.48. The molecule has 1 rings (SSSR count). The Morgan fingerprint density at radius 2 is 2.38 bits per heavy atom. The van der Waals surface area contributed by atoms with Crippen LogP contribution >= 0.6 is 0 Å². The number of hydrogen-bond acceptors (Lipinski definition) is 3. The van der Waals surface area contributed by atoms with E-state index in [4.69, 9.17) is 9.52 Å². The molecule has 1 atom stereocenters. The van der Waals surface area contributed by atoms with E-state index in [0.717, 1.165) is 5.76 Å². The van der Waals surface area contributed by atoms with E-state index in [0.29, 0.717) is 12.2 Å². The van der Waals surface area contributed by atoms with Crippen LogP contribution in [-0.4, -0.2) is 23.7 Å². The quantitative estimate of drug-likeness (QED) is 0.743. The molecule has 16 heavy (non-hydrogen) atoms. The van der Waals surface area contributed by atoms with Crippen molar-refractivity contribution in [2.24, 2.45) is 0 Å². The van der Waals surface area contributed by atoms with E-state index in [1.165, 1.54) is 6.08 Å². The largest absolute Gasteiger partial charge is 0.462 e. The van der Waals surface area contributed by atoms with Gasteiger partial charge in [0.15, 0.2) is 0 Å². The van der Waals surface area contributed by atoms with Crippen LogP contribution in [0.25, 0.3) is 6.08 Å². The summed E-state index contributed by atoms with van der Waals surface area (Å²) >= 11 is 0. The predicted octanol–water partition coefficient (Wildman–Crippen LogP) is 1.49. The van der Waals surface area contributed by atoms with E-state index in [2.05, 4.69) is 5.32 Å². The van der Waals surface area contributed by atoms with Crippen LogP contribution in [0.3, 0.4) is 0 Å². The minimum atomic E-state index is -0.227. The second-order valence-electron chi connectivity index (χ2n) is 3.58. The number of aliphatic hydroxyl groups is 1. The van der Waals surface area contributed by atoms with Gasteiger partial charge in [0.05, 0.1) is 12.6 Å². The van der Waals surface area contributed by atoms with Gasteiger partial charge in [-0.15, -0.1) is 0 Å². The molecule has 0 bridgehead atoms. The molecule has 0 saturated heterocycles. The maximum absolute atomic E-state index is 11.4. The average Bonchev–Trinajstić information content (AvgIpc) is 2.69. The first kappa shape index (κ1) is 12.5. The summed E-state index contributed by atoms with van der Waals surface area (Å²) in [7, 11) is 0. The number of furan rings is 1. The lowest BCUT2D eigenvalue weighted by Crippen LogP contribution is -2.35. The van der Waals surface area contributed by atoms with Crippen LogP contribution in [0.15, 0.2) is 22.6 Å². The van der Waals surface area contributed by atoms with Crippen molar-refractivity contribution < 1.29 is 14.3 Å². The molecule has 88 valence electrons. The van der Waals surface area contributed by atoms with Gasteiger partial charge in [0, 0.05) is 6.08 Å². The number of amides is 1.